The monoisotopic (exact) mass is 412 g/mol. The summed E-state index contributed by atoms with van der Waals surface area (Å²) in [5, 5.41) is 0. The first-order valence-electron chi connectivity index (χ1n) is 12.1. The van der Waals surface area contributed by atoms with E-state index in [0.29, 0.717) is 17.3 Å². The molecular formula is C26H36O4. The first kappa shape index (κ1) is 20.3. The topological polar surface area (TPSA) is 56.5 Å². The lowest BCUT2D eigenvalue weighted by Gasteiger charge is -2.61. The molecule has 164 valence electrons. The SMILES string of the molecule is CC(=O)O[C@H]1CC[C@@]2(C)[C@H](CC[C@@H]3[C@@H]2CC[C@]2(C)[C@@H](c4cccc(=O)o4)CC[C@@H]32)C1. The highest BCUT2D eigenvalue weighted by molar-refractivity contribution is 5.66. The maximum atomic E-state index is 11.8. The number of hydrogen-bond donors (Lipinski definition) is 0. The maximum Gasteiger partial charge on any atom is 0.335 e. The van der Waals surface area contributed by atoms with E-state index in [1.165, 1.54) is 51.5 Å². The predicted octanol–water partition coefficient (Wildman–Crippen LogP) is 5.70. The van der Waals surface area contributed by atoms with Gasteiger partial charge in [-0.05, 0) is 98.4 Å². The van der Waals surface area contributed by atoms with Crippen LogP contribution < -0.4 is 5.63 Å². The Kier molecular flexibility index (Phi) is 4.91. The highest BCUT2D eigenvalue weighted by Gasteiger charge is 2.60. The zero-order valence-corrected chi connectivity index (χ0v) is 18.7. The van der Waals surface area contributed by atoms with Crippen LogP contribution in [0.1, 0.15) is 90.2 Å². The van der Waals surface area contributed by atoms with Crippen LogP contribution in [0.2, 0.25) is 0 Å². The number of esters is 1. The van der Waals surface area contributed by atoms with Crippen molar-refractivity contribution in [1.82, 2.24) is 0 Å². The molecule has 0 aliphatic heterocycles. The van der Waals surface area contributed by atoms with Crippen molar-refractivity contribution in [1.29, 1.82) is 0 Å². The largest absolute Gasteiger partial charge is 0.463 e. The van der Waals surface area contributed by atoms with E-state index in [9.17, 15) is 9.59 Å². The summed E-state index contributed by atoms with van der Waals surface area (Å²) in [5.41, 5.74) is 0.417. The number of fused-ring (bicyclic) bond motifs is 5. The number of carbonyl (C=O) groups excluding carboxylic acids is 1. The smallest absolute Gasteiger partial charge is 0.335 e. The van der Waals surface area contributed by atoms with Gasteiger partial charge in [-0.1, -0.05) is 19.9 Å². The lowest BCUT2D eigenvalue weighted by atomic mass is 9.44. The minimum absolute atomic E-state index is 0.128. The molecule has 4 aliphatic rings. The summed E-state index contributed by atoms with van der Waals surface area (Å²) in [6, 6.07) is 5.40. The second-order valence-corrected chi connectivity index (χ2v) is 11.2. The van der Waals surface area contributed by atoms with Gasteiger partial charge in [0, 0.05) is 18.9 Å². The minimum Gasteiger partial charge on any atom is -0.463 e. The maximum absolute atomic E-state index is 11.8. The molecule has 8 atom stereocenters. The summed E-state index contributed by atoms with van der Waals surface area (Å²) in [6.45, 7) is 6.56. The molecule has 4 heteroatoms. The Bertz CT molecular complexity index is 874. The van der Waals surface area contributed by atoms with Gasteiger partial charge in [0.1, 0.15) is 11.9 Å². The average molecular weight is 413 g/mol. The van der Waals surface area contributed by atoms with E-state index < -0.39 is 0 Å². The van der Waals surface area contributed by atoms with Gasteiger partial charge in [-0.3, -0.25) is 4.79 Å². The van der Waals surface area contributed by atoms with Crippen molar-refractivity contribution in [2.75, 3.05) is 0 Å². The first-order valence-corrected chi connectivity index (χ1v) is 12.1. The van der Waals surface area contributed by atoms with Gasteiger partial charge >= 0.3 is 11.6 Å². The quantitative estimate of drug-likeness (QED) is 0.585. The van der Waals surface area contributed by atoms with Crippen LogP contribution in [0, 0.1) is 34.5 Å². The molecule has 30 heavy (non-hydrogen) atoms. The van der Waals surface area contributed by atoms with Crippen LogP contribution >= 0.6 is 0 Å². The lowest BCUT2D eigenvalue weighted by Crippen LogP contribution is -2.54. The third kappa shape index (κ3) is 3.08. The molecule has 1 heterocycles. The molecule has 0 radical (unpaired) electrons. The van der Waals surface area contributed by atoms with Crippen LogP contribution in [0.5, 0.6) is 0 Å². The summed E-state index contributed by atoms with van der Waals surface area (Å²) < 4.78 is 11.3. The fourth-order valence-electron chi connectivity index (χ4n) is 8.62. The van der Waals surface area contributed by atoms with Crippen LogP contribution in [-0.4, -0.2) is 12.1 Å². The summed E-state index contributed by atoms with van der Waals surface area (Å²) >= 11 is 0. The van der Waals surface area contributed by atoms with E-state index in [-0.39, 0.29) is 23.1 Å². The molecule has 1 aromatic heterocycles. The van der Waals surface area contributed by atoms with E-state index in [4.69, 9.17) is 9.15 Å². The van der Waals surface area contributed by atoms with Gasteiger partial charge in [0.25, 0.3) is 0 Å². The molecule has 4 nitrogen and oxygen atoms in total. The number of rotatable bonds is 2. The van der Waals surface area contributed by atoms with Gasteiger partial charge in [0.2, 0.25) is 0 Å². The van der Waals surface area contributed by atoms with Crippen molar-refractivity contribution in [2.24, 2.45) is 34.5 Å². The standard InChI is InChI=1S/C26H36O4/c1-16(27)29-18-11-13-25(2)17(15-18)7-8-19-20-9-10-22(23-5-4-6-24(28)30-23)26(20,3)14-12-21(19)25/h4-6,17-22H,7-15H2,1-3H3/t17-,18+,19+,20+,21+,22-,25+,26+/m1/s1. The van der Waals surface area contributed by atoms with E-state index in [1.54, 1.807) is 0 Å². The third-order valence-electron chi connectivity index (χ3n) is 10.0. The fraction of sp³-hybridized carbons (Fsp3) is 0.769. The predicted molar refractivity (Wildman–Crippen MR) is 115 cm³/mol. The highest BCUT2D eigenvalue weighted by atomic mass is 16.5. The Balaban J connectivity index is 1.37. The van der Waals surface area contributed by atoms with Crippen molar-refractivity contribution in [3.8, 4) is 0 Å². The highest BCUT2D eigenvalue weighted by Crippen LogP contribution is 2.69. The van der Waals surface area contributed by atoms with Gasteiger partial charge in [-0.15, -0.1) is 0 Å². The number of carbonyl (C=O) groups is 1. The molecule has 0 N–H and O–H groups in total. The van der Waals surface area contributed by atoms with E-state index in [1.807, 2.05) is 12.1 Å². The third-order valence-corrected chi connectivity index (χ3v) is 10.0. The van der Waals surface area contributed by atoms with E-state index in [0.717, 1.165) is 42.8 Å². The molecule has 1 aromatic rings. The molecule has 0 unspecified atom stereocenters. The normalized spacial score (nSPS) is 45.2. The van der Waals surface area contributed by atoms with Gasteiger partial charge < -0.3 is 9.15 Å². The molecule has 4 fully saturated rings. The molecule has 0 spiro atoms. The average Bonchev–Trinajstić information content (AvgIpc) is 3.05. The van der Waals surface area contributed by atoms with Gasteiger partial charge in [-0.2, -0.15) is 0 Å². The molecule has 0 amide bonds. The van der Waals surface area contributed by atoms with Crippen LogP contribution in [0.3, 0.4) is 0 Å². The van der Waals surface area contributed by atoms with Crippen LogP contribution in [0.15, 0.2) is 27.4 Å². The Morgan fingerprint density at radius 3 is 2.53 bits per heavy atom. The van der Waals surface area contributed by atoms with Crippen LogP contribution in [-0.2, 0) is 9.53 Å². The zero-order chi connectivity index (χ0) is 21.1. The molecule has 0 aromatic carbocycles. The molecular weight excluding hydrogens is 376 g/mol. The molecule has 0 bridgehead atoms. The van der Waals surface area contributed by atoms with Crippen molar-refractivity contribution < 1.29 is 13.9 Å². The lowest BCUT2D eigenvalue weighted by molar-refractivity contribution is -0.159. The molecule has 4 aliphatic carbocycles. The van der Waals surface area contributed by atoms with Crippen LogP contribution in [0.25, 0.3) is 0 Å². The number of ether oxygens (including phenoxy) is 1. The van der Waals surface area contributed by atoms with Crippen molar-refractivity contribution in [2.45, 2.75) is 90.6 Å². The van der Waals surface area contributed by atoms with Crippen LogP contribution in [0.4, 0.5) is 0 Å². The zero-order valence-electron chi connectivity index (χ0n) is 18.7. The summed E-state index contributed by atoms with van der Waals surface area (Å²) in [4.78, 5) is 23.3. The Labute approximate surface area is 179 Å². The Hall–Kier alpha value is -1.58. The summed E-state index contributed by atoms with van der Waals surface area (Å²) in [5.74, 6) is 4.15. The van der Waals surface area contributed by atoms with Crippen molar-refractivity contribution in [3.05, 3.63) is 34.4 Å². The Morgan fingerprint density at radius 1 is 1.00 bits per heavy atom. The molecule has 5 rings (SSSR count). The minimum atomic E-state index is -0.217. The Morgan fingerprint density at radius 2 is 1.77 bits per heavy atom. The van der Waals surface area contributed by atoms with E-state index in [2.05, 4.69) is 13.8 Å². The summed E-state index contributed by atoms with van der Waals surface area (Å²) in [6.07, 6.45) is 10.9. The van der Waals surface area contributed by atoms with E-state index >= 15 is 0 Å². The van der Waals surface area contributed by atoms with Gasteiger partial charge in [-0.25, -0.2) is 4.79 Å². The second-order valence-electron chi connectivity index (χ2n) is 11.2. The first-order chi connectivity index (χ1) is 14.3. The number of hydrogen-bond acceptors (Lipinski definition) is 4. The van der Waals surface area contributed by atoms with Crippen molar-refractivity contribution >= 4 is 5.97 Å². The molecule has 0 saturated heterocycles. The fourth-order valence-corrected chi connectivity index (χ4v) is 8.62. The molecule has 4 saturated carbocycles. The summed E-state index contributed by atoms with van der Waals surface area (Å²) in [7, 11) is 0. The van der Waals surface area contributed by atoms with Crippen molar-refractivity contribution in [3.63, 3.8) is 0 Å². The van der Waals surface area contributed by atoms with Gasteiger partial charge in [0.05, 0.1) is 0 Å². The second kappa shape index (κ2) is 7.24. The van der Waals surface area contributed by atoms with Gasteiger partial charge in [0.15, 0.2) is 0 Å².